The average molecular weight is 734 g/mol. The number of hydrogen-bond acceptors (Lipinski definition) is 8. The maximum atomic E-state index is 14.1. The molecule has 46 heavy (non-hydrogen) atoms. The predicted octanol–water partition coefficient (Wildman–Crippen LogP) is 4.57. The van der Waals surface area contributed by atoms with E-state index in [2.05, 4.69) is 15.9 Å². The summed E-state index contributed by atoms with van der Waals surface area (Å²) in [6, 6.07) is 8.65. The fourth-order valence-electron chi connectivity index (χ4n) is 7.25. The number of aromatic hydroxyl groups is 1. The summed E-state index contributed by atoms with van der Waals surface area (Å²) in [6.45, 7) is 0. The number of allylic oxidation sites excluding steroid dienone is 3. The first-order valence-electron chi connectivity index (χ1n) is 14.2. The van der Waals surface area contributed by atoms with E-state index < -0.39 is 63.0 Å². The summed E-state index contributed by atoms with van der Waals surface area (Å²) in [5, 5.41) is 19.9. The Kier molecular flexibility index (Phi) is 7.97. The number of carbonyl (C=O) groups excluding carboxylic acids is 4. The number of rotatable bonds is 7. The SMILES string of the molecule is COc1cc(C=CC2C3=CCC4C(=O)N(c5cccc(C(=O)O)c5)C(=O)C4C3CC3(Cl)C(=O)N(CBr)C(=O)C23Cl)cc(OC)c1O. The monoisotopic (exact) mass is 732 g/mol. The van der Waals surface area contributed by atoms with Gasteiger partial charge in [-0.3, -0.25) is 29.0 Å². The van der Waals surface area contributed by atoms with Crippen molar-refractivity contribution in [3.05, 3.63) is 65.3 Å². The standard InChI is InChI=1S/C32H27BrCl2N2O9/c1-45-22-10-15(11-23(46-2)25(22)38)6-9-21-18-7-8-19-24(20(18)13-31(34)29(43)36(14-33)30(44)32(21,31)35)27(40)37(26(19)39)17-5-3-4-16(12-17)28(41)42/h3-7,9-12,19-21,24,38H,8,13-14H2,1-2H3,(H,41,42). The van der Waals surface area contributed by atoms with Crippen LogP contribution in [0.2, 0.25) is 0 Å². The van der Waals surface area contributed by atoms with Crippen molar-refractivity contribution in [1.29, 1.82) is 0 Å². The highest BCUT2D eigenvalue weighted by molar-refractivity contribution is 9.09. The summed E-state index contributed by atoms with van der Waals surface area (Å²) in [5.41, 5.74) is 0.972. The minimum absolute atomic E-state index is 0.0892. The maximum absolute atomic E-state index is 14.1. The number of fused-ring (bicyclic) bond motifs is 4. The van der Waals surface area contributed by atoms with Crippen LogP contribution in [0.4, 0.5) is 5.69 Å². The molecule has 14 heteroatoms. The highest BCUT2D eigenvalue weighted by Crippen LogP contribution is 2.63. The summed E-state index contributed by atoms with van der Waals surface area (Å²) < 4.78 is 10.5. The Morgan fingerprint density at radius 3 is 2.33 bits per heavy atom. The zero-order valence-electron chi connectivity index (χ0n) is 24.4. The molecule has 6 rings (SSSR count). The lowest BCUT2D eigenvalue weighted by molar-refractivity contribution is -0.138. The number of carbonyl (C=O) groups is 5. The fraction of sp³-hybridized carbons (Fsp3) is 0.344. The maximum Gasteiger partial charge on any atom is 0.335 e. The Morgan fingerprint density at radius 2 is 1.72 bits per heavy atom. The molecule has 0 aromatic heterocycles. The van der Waals surface area contributed by atoms with Gasteiger partial charge in [0.2, 0.25) is 17.6 Å². The number of nitrogens with zero attached hydrogens (tertiary/aromatic N) is 2. The van der Waals surface area contributed by atoms with Crippen LogP contribution < -0.4 is 14.4 Å². The van der Waals surface area contributed by atoms with Crippen LogP contribution in [-0.2, 0) is 19.2 Å². The van der Waals surface area contributed by atoms with Crippen LogP contribution in [0.1, 0.15) is 28.8 Å². The van der Waals surface area contributed by atoms with E-state index in [0.29, 0.717) is 11.1 Å². The van der Waals surface area contributed by atoms with Gasteiger partial charge in [-0.15, -0.1) is 23.2 Å². The molecule has 0 spiro atoms. The van der Waals surface area contributed by atoms with Crippen LogP contribution in [0.25, 0.3) is 6.08 Å². The van der Waals surface area contributed by atoms with E-state index >= 15 is 0 Å². The van der Waals surface area contributed by atoms with Crippen molar-refractivity contribution in [2.45, 2.75) is 22.6 Å². The third-order valence-electron chi connectivity index (χ3n) is 9.41. The highest BCUT2D eigenvalue weighted by atomic mass is 79.9. The van der Waals surface area contributed by atoms with Crippen LogP contribution >= 0.6 is 39.1 Å². The summed E-state index contributed by atoms with van der Waals surface area (Å²) in [5.74, 6) is -7.12. The third kappa shape index (κ3) is 4.40. The van der Waals surface area contributed by atoms with E-state index in [4.69, 9.17) is 32.7 Å². The minimum Gasteiger partial charge on any atom is -0.502 e. The molecule has 2 aromatic rings. The second-order valence-electron chi connectivity index (χ2n) is 11.5. The number of carboxylic acids is 1. The van der Waals surface area contributed by atoms with Gasteiger partial charge in [0.1, 0.15) is 0 Å². The normalized spacial score (nSPS) is 30.3. The second kappa shape index (κ2) is 11.4. The lowest BCUT2D eigenvalue weighted by Crippen LogP contribution is -2.60. The van der Waals surface area contributed by atoms with Crippen molar-refractivity contribution < 1.29 is 43.7 Å². The molecule has 0 radical (unpaired) electrons. The van der Waals surface area contributed by atoms with Gasteiger partial charge >= 0.3 is 5.97 Å². The van der Waals surface area contributed by atoms with E-state index in [1.807, 2.05) is 0 Å². The molecule has 11 nitrogen and oxygen atoms in total. The number of alkyl halides is 3. The van der Waals surface area contributed by atoms with Gasteiger partial charge in [0.25, 0.3) is 11.8 Å². The van der Waals surface area contributed by atoms with Gasteiger partial charge in [-0.2, -0.15) is 0 Å². The molecule has 3 fully saturated rings. The molecule has 2 saturated heterocycles. The molecule has 2 aliphatic heterocycles. The number of phenolic OH excluding ortho intramolecular Hbond substituents is 1. The average Bonchev–Trinajstić information content (AvgIpc) is 3.38. The lowest BCUT2D eigenvalue weighted by atomic mass is 9.57. The van der Waals surface area contributed by atoms with Gasteiger partial charge in [-0.1, -0.05) is 45.8 Å². The molecule has 4 amide bonds. The molecule has 240 valence electrons. The zero-order valence-corrected chi connectivity index (χ0v) is 27.5. The molecule has 6 atom stereocenters. The first-order chi connectivity index (χ1) is 21.8. The number of amides is 4. The molecule has 0 bridgehead atoms. The number of methoxy groups -OCH3 is 2. The highest BCUT2D eigenvalue weighted by Gasteiger charge is 2.75. The molecular formula is C32H27BrCl2N2O9. The van der Waals surface area contributed by atoms with E-state index in [1.54, 1.807) is 30.4 Å². The van der Waals surface area contributed by atoms with Gasteiger partial charge in [0.15, 0.2) is 21.2 Å². The van der Waals surface area contributed by atoms with Crippen molar-refractivity contribution in [3.8, 4) is 17.2 Å². The van der Waals surface area contributed by atoms with Gasteiger partial charge in [0.05, 0.1) is 42.8 Å². The number of phenols is 1. The van der Waals surface area contributed by atoms with Gasteiger partial charge in [0, 0.05) is 5.92 Å². The van der Waals surface area contributed by atoms with Crippen LogP contribution in [0.15, 0.2) is 54.1 Å². The Morgan fingerprint density at radius 1 is 1.04 bits per heavy atom. The quantitative estimate of drug-likeness (QED) is 0.181. The topological polar surface area (TPSA) is 151 Å². The van der Waals surface area contributed by atoms with Gasteiger partial charge in [-0.05, 0) is 54.7 Å². The first-order valence-corrected chi connectivity index (χ1v) is 16.1. The fourth-order valence-corrected chi connectivity index (χ4v) is 8.63. The molecule has 2 heterocycles. The number of aromatic carboxylic acids is 1. The van der Waals surface area contributed by atoms with E-state index in [1.165, 1.54) is 38.5 Å². The van der Waals surface area contributed by atoms with Crippen molar-refractivity contribution in [2.75, 3.05) is 24.6 Å². The first kappa shape index (κ1) is 32.1. The number of likely N-dealkylation sites (tertiary alicyclic amines) is 1. The van der Waals surface area contributed by atoms with Crippen molar-refractivity contribution >= 4 is 80.5 Å². The van der Waals surface area contributed by atoms with Crippen molar-refractivity contribution in [3.63, 3.8) is 0 Å². The number of ether oxygens (including phenoxy) is 2. The minimum atomic E-state index is -1.97. The second-order valence-corrected chi connectivity index (χ2v) is 13.3. The Bertz CT molecular complexity index is 1750. The number of benzene rings is 2. The van der Waals surface area contributed by atoms with Crippen LogP contribution in [0.5, 0.6) is 17.2 Å². The van der Waals surface area contributed by atoms with Crippen molar-refractivity contribution in [2.24, 2.45) is 23.7 Å². The van der Waals surface area contributed by atoms with Crippen LogP contribution in [0.3, 0.4) is 0 Å². The van der Waals surface area contributed by atoms with E-state index in [0.717, 1.165) is 9.80 Å². The summed E-state index contributed by atoms with van der Waals surface area (Å²) >= 11 is 17.6. The number of halogens is 3. The summed E-state index contributed by atoms with van der Waals surface area (Å²) in [6.07, 6.45) is 5.01. The smallest absolute Gasteiger partial charge is 0.335 e. The molecule has 2 N–H and O–H groups in total. The summed E-state index contributed by atoms with van der Waals surface area (Å²) in [7, 11) is 2.76. The molecule has 2 aromatic carbocycles. The Hall–Kier alpha value is -3.87. The Labute approximate surface area is 281 Å². The van der Waals surface area contributed by atoms with Gasteiger partial charge in [-0.25, -0.2) is 4.79 Å². The summed E-state index contributed by atoms with van der Waals surface area (Å²) in [4.78, 5) is 65.0. The molecule has 2 aliphatic carbocycles. The van der Waals surface area contributed by atoms with E-state index in [9.17, 15) is 34.2 Å². The number of hydrogen-bond donors (Lipinski definition) is 2. The van der Waals surface area contributed by atoms with Gasteiger partial charge < -0.3 is 19.7 Å². The molecule has 4 aliphatic rings. The number of imide groups is 2. The lowest BCUT2D eigenvalue weighted by Gasteiger charge is -2.49. The predicted molar refractivity (Wildman–Crippen MR) is 170 cm³/mol. The van der Waals surface area contributed by atoms with Crippen molar-refractivity contribution in [1.82, 2.24) is 4.90 Å². The van der Waals surface area contributed by atoms with E-state index in [-0.39, 0.29) is 46.8 Å². The molecular weight excluding hydrogens is 707 g/mol. The zero-order chi connectivity index (χ0) is 33.3. The largest absolute Gasteiger partial charge is 0.502 e. The Balaban J connectivity index is 1.47. The number of anilines is 1. The van der Waals surface area contributed by atoms with Crippen LogP contribution in [0, 0.1) is 23.7 Å². The molecule has 6 unspecified atom stereocenters. The number of carboxylic acid groups (broad SMARTS) is 1. The van der Waals surface area contributed by atoms with Crippen LogP contribution in [-0.4, -0.2) is 74.1 Å². The molecule has 1 saturated carbocycles. The third-order valence-corrected chi connectivity index (χ3v) is 11.3.